The molecule has 90 valence electrons. The molecule has 15 heavy (non-hydrogen) atoms. The van der Waals surface area contributed by atoms with Crippen molar-refractivity contribution in [2.75, 3.05) is 19.6 Å². The van der Waals surface area contributed by atoms with E-state index in [1.165, 1.54) is 19.6 Å². The summed E-state index contributed by atoms with van der Waals surface area (Å²) < 4.78 is 4.32. The molecule has 1 aromatic heterocycles. The summed E-state index contributed by atoms with van der Waals surface area (Å²) in [5.41, 5.74) is 0. The number of aromatic nitrogens is 2. The van der Waals surface area contributed by atoms with Crippen LogP contribution in [0.2, 0.25) is 0 Å². The monoisotopic (exact) mass is 341 g/mol. The van der Waals surface area contributed by atoms with Crippen LogP contribution in [0.1, 0.15) is 13.8 Å². The van der Waals surface area contributed by atoms with Crippen molar-refractivity contribution in [3.63, 3.8) is 0 Å². The molecule has 0 aromatic carbocycles. The SMILES string of the molecule is CC[NH+](CC)CCn1cc[n+](C)c1.[Br-].[Br-]. The Balaban J connectivity index is 0. The molecule has 0 atom stereocenters. The number of rotatable bonds is 5. The predicted octanol–water partition coefficient (Wildman–Crippen LogP) is -6.75. The summed E-state index contributed by atoms with van der Waals surface area (Å²) in [6.07, 6.45) is 6.34. The predicted molar refractivity (Wildman–Crippen MR) is 52.5 cm³/mol. The Labute approximate surface area is 114 Å². The van der Waals surface area contributed by atoms with Crippen molar-refractivity contribution in [2.24, 2.45) is 7.05 Å². The zero-order valence-electron chi connectivity index (χ0n) is 9.71. The van der Waals surface area contributed by atoms with Crippen molar-refractivity contribution in [1.82, 2.24) is 4.57 Å². The molecule has 1 heterocycles. The Morgan fingerprint density at radius 1 is 1.20 bits per heavy atom. The van der Waals surface area contributed by atoms with Gasteiger partial charge in [-0.05, 0) is 13.8 Å². The van der Waals surface area contributed by atoms with Gasteiger partial charge in [0.05, 0.1) is 20.1 Å². The largest absolute Gasteiger partial charge is 1.00 e. The number of quaternary nitrogens is 1. The first-order valence-electron chi connectivity index (χ1n) is 5.10. The lowest BCUT2D eigenvalue weighted by atomic mass is 10.4. The molecule has 0 fully saturated rings. The molecule has 0 saturated heterocycles. The average Bonchev–Trinajstić information content (AvgIpc) is 2.53. The van der Waals surface area contributed by atoms with Crippen LogP contribution in [0.15, 0.2) is 18.7 Å². The first-order chi connectivity index (χ1) is 6.26. The van der Waals surface area contributed by atoms with Crippen LogP contribution >= 0.6 is 0 Å². The van der Waals surface area contributed by atoms with Gasteiger partial charge in [0.15, 0.2) is 0 Å². The van der Waals surface area contributed by atoms with Crippen LogP contribution in [0.25, 0.3) is 0 Å². The van der Waals surface area contributed by atoms with Crippen molar-refractivity contribution in [1.29, 1.82) is 0 Å². The van der Waals surface area contributed by atoms with E-state index in [0.717, 1.165) is 6.54 Å². The fourth-order valence-electron chi connectivity index (χ4n) is 1.52. The summed E-state index contributed by atoms with van der Waals surface area (Å²) in [6.45, 7) is 9.29. The summed E-state index contributed by atoms with van der Waals surface area (Å²) >= 11 is 0. The highest BCUT2D eigenvalue weighted by atomic mass is 79.9. The molecule has 0 radical (unpaired) electrons. The van der Waals surface area contributed by atoms with Gasteiger partial charge in [-0.1, -0.05) is 0 Å². The molecule has 1 rings (SSSR count). The van der Waals surface area contributed by atoms with Crippen molar-refractivity contribution in [2.45, 2.75) is 20.4 Å². The maximum atomic E-state index is 2.24. The summed E-state index contributed by atoms with van der Waals surface area (Å²) in [5, 5.41) is 0. The lowest BCUT2D eigenvalue weighted by molar-refractivity contribution is -0.897. The minimum absolute atomic E-state index is 0. The van der Waals surface area contributed by atoms with Crippen LogP contribution in [-0.4, -0.2) is 24.2 Å². The van der Waals surface area contributed by atoms with Crippen LogP contribution in [0.5, 0.6) is 0 Å². The van der Waals surface area contributed by atoms with Crippen LogP contribution in [-0.2, 0) is 13.6 Å². The highest BCUT2D eigenvalue weighted by molar-refractivity contribution is 4.64. The van der Waals surface area contributed by atoms with E-state index in [4.69, 9.17) is 0 Å². The standard InChI is InChI=1S/C10H20N3.2BrH/c1-4-12(5-2)8-9-13-7-6-11(3)10-13;;/h6-7,10H,4-5,8-9H2,1-3H3;2*1H/q+1;;/p-1. The maximum absolute atomic E-state index is 2.24. The number of halogens is 2. The Morgan fingerprint density at radius 2 is 1.80 bits per heavy atom. The number of nitrogens with one attached hydrogen (secondary N) is 1. The molecule has 0 spiro atoms. The molecule has 1 aromatic rings. The molecular weight excluding hydrogens is 322 g/mol. The summed E-state index contributed by atoms with van der Waals surface area (Å²) in [6, 6.07) is 0. The summed E-state index contributed by atoms with van der Waals surface area (Å²) in [5.74, 6) is 0. The first-order valence-corrected chi connectivity index (χ1v) is 5.10. The molecule has 0 aliphatic carbocycles. The zero-order valence-corrected chi connectivity index (χ0v) is 12.9. The maximum Gasteiger partial charge on any atom is 0.243 e. The molecule has 0 unspecified atom stereocenters. The Kier molecular flexibility index (Phi) is 10.9. The Hall–Kier alpha value is 0.130. The van der Waals surface area contributed by atoms with E-state index in [0.29, 0.717) is 0 Å². The molecule has 0 saturated carbocycles. The van der Waals surface area contributed by atoms with Gasteiger partial charge >= 0.3 is 0 Å². The van der Waals surface area contributed by atoms with Gasteiger partial charge < -0.3 is 38.9 Å². The van der Waals surface area contributed by atoms with E-state index in [1.807, 2.05) is 0 Å². The highest BCUT2D eigenvalue weighted by Crippen LogP contribution is 1.79. The number of aryl methyl sites for hydroxylation is 1. The van der Waals surface area contributed by atoms with Crippen LogP contribution in [0.4, 0.5) is 0 Å². The van der Waals surface area contributed by atoms with Gasteiger partial charge in [-0.15, -0.1) is 0 Å². The quantitative estimate of drug-likeness (QED) is 0.511. The zero-order chi connectivity index (χ0) is 9.68. The Morgan fingerprint density at radius 3 is 2.20 bits per heavy atom. The van der Waals surface area contributed by atoms with Gasteiger partial charge in [0.1, 0.15) is 25.5 Å². The molecule has 3 nitrogen and oxygen atoms in total. The van der Waals surface area contributed by atoms with Crippen molar-refractivity contribution >= 4 is 0 Å². The van der Waals surface area contributed by atoms with E-state index in [-0.39, 0.29) is 34.0 Å². The van der Waals surface area contributed by atoms with Gasteiger partial charge in [-0.2, -0.15) is 0 Å². The van der Waals surface area contributed by atoms with Gasteiger partial charge in [0.2, 0.25) is 6.33 Å². The van der Waals surface area contributed by atoms with Crippen LogP contribution in [0, 0.1) is 0 Å². The normalized spacial score (nSPS) is 9.60. The first kappa shape index (κ1) is 17.5. The van der Waals surface area contributed by atoms with Gasteiger partial charge in [0, 0.05) is 0 Å². The molecular formula is C10H21Br2N3. The van der Waals surface area contributed by atoms with Gasteiger partial charge in [-0.25, -0.2) is 9.13 Å². The minimum atomic E-state index is 0. The summed E-state index contributed by atoms with van der Waals surface area (Å²) in [7, 11) is 2.06. The lowest BCUT2D eigenvalue weighted by Gasteiger charge is -2.13. The number of imidazole rings is 1. The van der Waals surface area contributed by atoms with E-state index in [2.05, 4.69) is 48.8 Å². The van der Waals surface area contributed by atoms with E-state index in [1.54, 1.807) is 4.90 Å². The van der Waals surface area contributed by atoms with Crippen LogP contribution in [0.3, 0.4) is 0 Å². The number of nitrogens with zero attached hydrogens (tertiary/aromatic N) is 2. The third-order valence-electron chi connectivity index (χ3n) is 2.55. The van der Waals surface area contributed by atoms with Gasteiger partial charge in [-0.3, -0.25) is 0 Å². The lowest BCUT2D eigenvalue weighted by Crippen LogP contribution is -3.11. The second-order valence-electron chi connectivity index (χ2n) is 3.52. The van der Waals surface area contributed by atoms with E-state index in [9.17, 15) is 0 Å². The highest BCUT2D eigenvalue weighted by Gasteiger charge is 2.05. The molecule has 5 heteroatoms. The smallest absolute Gasteiger partial charge is 0.243 e. The van der Waals surface area contributed by atoms with Crippen molar-refractivity contribution in [3.8, 4) is 0 Å². The molecule has 0 amide bonds. The summed E-state index contributed by atoms with van der Waals surface area (Å²) in [4.78, 5) is 1.66. The molecule has 0 bridgehead atoms. The van der Waals surface area contributed by atoms with Crippen molar-refractivity contribution in [3.05, 3.63) is 18.7 Å². The third kappa shape index (κ3) is 6.33. The Bertz CT molecular complexity index is 247. The average molecular weight is 343 g/mol. The fourth-order valence-corrected chi connectivity index (χ4v) is 1.52. The van der Waals surface area contributed by atoms with Crippen LogP contribution < -0.4 is 43.4 Å². The van der Waals surface area contributed by atoms with Gasteiger partial charge in [0.25, 0.3) is 0 Å². The topological polar surface area (TPSA) is 13.2 Å². The van der Waals surface area contributed by atoms with Crippen molar-refractivity contribution < 1.29 is 43.4 Å². The van der Waals surface area contributed by atoms with E-state index < -0.39 is 0 Å². The minimum Gasteiger partial charge on any atom is -1.00 e. The number of hydrogen-bond acceptors (Lipinski definition) is 0. The molecule has 0 aliphatic rings. The molecule has 1 N–H and O–H groups in total. The number of likely N-dealkylation sites (N-methyl/N-ethyl adjacent to an activating group) is 1. The second-order valence-corrected chi connectivity index (χ2v) is 3.52. The molecule has 0 aliphatic heterocycles. The van der Waals surface area contributed by atoms with E-state index >= 15 is 0 Å². The second kappa shape index (κ2) is 9.36. The number of hydrogen-bond donors (Lipinski definition) is 1. The third-order valence-corrected chi connectivity index (χ3v) is 2.55. The fraction of sp³-hybridized carbons (Fsp3) is 0.700.